The molecule has 20 heavy (non-hydrogen) atoms. The number of carbonyl (C=O) groups is 1. The van der Waals surface area contributed by atoms with Crippen molar-refractivity contribution in [1.29, 1.82) is 0 Å². The van der Waals surface area contributed by atoms with Crippen LogP contribution in [0.5, 0.6) is 0 Å². The van der Waals surface area contributed by atoms with Crippen LogP contribution in [0, 0.1) is 23.3 Å². The summed E-state index contributed by atoms with van der Waals surface area (Å²) in [5.74, 6) is -7.99. The molecule has 104 valence electrons. The standard InChI is InChI=1S/C12H6F4N2O2/c13-6-4-7(14)10(16)11(9(6)15)18-8-3-5(12(19)20)1-2-17-8/h1-4H,(H,17,18)(H,19,20). The highest BCUT2D eigenvalue weighted by Gasteiger charge is 2.19. The quantitative estimate of drug-likeness (QED) is 0.672. The number of nitrogens with zero attached hydrogens (tertiary/aromatic N) is 1. The Bertz CT molecular complexity index is 665. The minimum Gasteiger partial charge on any atom is -0.478 e. The lowest BCUT2D eigenvalue weighted by atomic mass is 10.2. The number of hydrogen-bond donors (Lipinski definition) is 2. The van der Waals surface area contributed by atoms with Gasteiger partial charge in [0.25, 0.3) is 0 Å². The molecule has 4 nitrogen and oxygen atoms in total. The van der Waals surface area contributed by atoms with Crippen LogP contribution in [0.3, 0.4) is 0 Å². The van der Waals surface area contributed by atoms with Gasteiger partial charge in [0.15, 0.2) is 23.3 Å². The molecule has 1 aromatic heterocycles. The highest BCUT2D eigenvalue weighted by Crippen LogP contribution is 2.26. The minimum atomic E-state index is -1.63. The molecule has 2 rings (SSSR count). The van der Waals surface area contributed by atoms with Gasteiger partial charge in [0.1, 0.15) is 11.5 Å². The Balaban J connectivity index is 2.45. The molecule has 1 heterocycles. The summed E-state index contributed by atoms with van der Waals surface area (Å²) in [4.78, 5) is 14.3. The van der Waals surface area contributed by atoms with Crippen molar-refractivity contribution in [2.45, 2.75) is 0 Å². The van der Waals surface area contributed by atoms with Crippen molar-refractivity contribution in [3.05, 3.63) is 53.2 Å². The van der Waals surface area contributed by atoms with E-state index in [9.17, 15) is 22.4 Å². The van der Waals surface area contributed by atoms with Gasteiger partial charge in [-0.25, -0.2) is 27.3 Å². The molecule has 8 heteroatoms. The Morgan fingerprint density at radius 3 is 2.25 bits per heavy atom. The third-order valence-electron chi connectivity index (χ3n) is 2.37. The molecule has 0 aliphatic rings. The van der Waals surface area contributed by atoms with Crippen LogP contribution in [-0.2, 0) is 0 Å². The number of anilines is 2. The first kappa shape index (κ1) is 13.8. The maximum absolute atomic E-state index is 13.4. The van der Waals surface area contributed by atoms with Crippen molar-refractivity contribution in [3.63, 3.8) is 0 Å². The highest BCUT2D eigenvalue weighted by molar-refractivity contribution is 5.88. The van der Waals surface area contributed by atoms with Crippen LogP contribution >= 0.6 is 0 Å². The highest BCUT2D eigenvalue weighted by atomic mass is 19.2. The molecule has 0 radical (unpaired) electrons. The van der Waals surface area contributed by atoms with E-state index in [1.807, 2.05) is 5.32 Å². The fourth-order valence-corrected chi connectivity index (χ4v) is 1.44. The van der Waals surface area contributed by atoms with Crippen molar-refractivity contribution in [2.24, 2.45) is 0 Å². The van der Waals surface area contributed by atoms with Crippen molar-refractivity contribution < 1.29 is 27.5 Å². The van der Waals surface area contributed by atoms with Crippen molar-refractivity contribution in [2.75, 3.05) is 5.32 Å². The zero-order valence-electron chi connectivity index (χ0n) is 9.62. The van der Waals surface area contributed by atoms with E-state index in [0.717, 1.165) is 18.3 Å². The SMILES string of the molecule is O=C(O)c1ccnc(Nc2c(F)c(F)cc(F)c2F)c1. The van der Waals surface area contributed by atoms with E-state index in [2.05, 4.69) is 4.98 Å². The normalized spacial score (nSPS) is 10.4. The zero-order chi connectivity index (χ0) is 14.9. The average Bonchev–Trinajstić information content (AvgIpc) is 2.42. The first-order valence-electron chi connectivity index (χ1n) is 5.19. The molecule has 0 fully saturated rings. The van der Waals surface area contributed by atoms with Gasteiger partial charge >= 0.3 is 5.97 Å². The Labute approximate surface area is 109 Å². The van der Waals surface area contributed by atoms with Gasteiger partial charge in [-0.2, -0.15) is 0 Å². The molecule has 0 saturated carbocycles. The Morgan fingerprint density at radius 2 is 1.70 bits per heavy atom. The molecule has 0 aliphatic heterocycles. The molecule has 2 aromatic rings. The molecule has 0 atom stereocenters. The number of rotatable bonds is 3. The molecule has 2 N–H and O–H groups in total. The third-order valence-corrected chi connectivity index (χ3v) is 2.37. The molecule has 0 amide bonds. The predicted molar refractivity (Wildman–Crippen MR) is 60.8 cm³/mol. The molecule has 0 unspecified atom stereocenters. The largest absolute Gasteiger partial charge is 0.478 e. The predicted octanol–water partition coefficient (Wildman–Crippen LogP) is 3.08. The number of aromatic nitrogens is 1. The summed E-state index contributed by atoms with van der Waals surface area (Å²) < 4.78 is 52.8. The number of halogens is 4. The second-order valence-corrected chi connectivity index (χ2v) is 3.70. The van der Waals surface area contributed by atoms with E-state index in [4.69, 9.17) is 5.11 Å². The maximum atomic E-state index is 13.4. The van der Waals surface area contributed by atoms with Gasteiger partial charge in [0.05, 0.1) is 5.56 Å². The van der Waals surface area contributed by atoms with Gasteiger partial charge < -0.3 is 10.4 Å². The van der Waals surface area contributed by atoms with Crippen LogP contribution in [0.4, 0.5) is 29.1 Å². The first-order valence-corrected chi connectivity index (χ1v) is 5.19. The number of carboxylic acid groups (broad SMARTS) is 1. The Morgan fingerprint density at radius 1 is 1.10 bits per heavy atom. The van der Waals surface area contributed by atoms with E-state index >= 15 is 0 Å². The molecule has 0 aliphatic carbocycles. The van der Waals surface area contributed by atoms with E-state index in [1.54, 1.807) is 0 Å². The maximum Gasteiger partial charge on any atom is 0.335 e. The average molecular weight is 286 g/mol. The first-order chi connectivity index (χ1) is 9.40. The molecule has 0 bridgehead atoms. The van der Waals surface area contributed by atoms with Crippen LogP contribution in [-0.4, -0.2) is 16.1 Å². The van der Waals surface area contributed by atoms with Crippen LogP contribution in [0.15, 0.2) is 24.4 Å². The number of carboxylic acids is 1. The molecular formula is C12H6F4N2O2. The van der Waals surface area contributed by atoms with Gasteiger partial charge in [-0.1, -0.05) is 0 Å². The minimum absolute atomic E-state index is 0.0664. The van der Waals surface area contributed by atoms with Crippen molar-refractivity contribution in [3.8, 4) is 0 Å². The van der Waals surface area contributed by atoms with Gasteiger partial charge in [-0.15, -0.1) is 0 Å². The molecule has 0 spiro atoms. The molecular weight excluding hydrogens is 280 g/mol. The fourth-order valence-electron chi connectivity index (χ4n) is 1.44. The van der Waals surface area contributed by atoms with Gasteiger partial charge in [0, 0.05) is 12.3 Å². The monoisotopic (exact) mass is 286 g/mol. The van der Waals surface area contributed by atoms with Gasteiger partial charge in [0.2, 0.25) is 0 Å². The summed E-state index contributed by atoms with van der Waals surface area (Å²) in [6.45, 7) is 0. The van der Waals surface area contributed by atoms with Crippen LogP contribution in [0.25, 0.3) is 0 Å². The van der Waals surface area contributed by atoms with Gasteiger partial charge in [-0.3, -0.25) is 0 Å². The zero-order valence-corrected chi connectivity index (χ0v) is 9.62. The third kappa shape index (κ3) is 2.53. The van der Waals surface area contributed by atoms with Crippen molar-refractivity contribution >= 4 is 17.5 Å². The van der Waals surface area contributed by atoms with E-state index in [-0.39, 0.29) is 17.4 Å². The van der Waals surface area contributed by atoms with E-state index in [0.29, 0.717) is 0 Å². The Kier molecular flexibility index (Phi) is 3.55. The lowest BCUT2D eigenvalue weighted by Gasteiger charge is -2.09. The molecule has 1 aromatic carbocycles. The lowest BCUT2D eigenvalue weighted by molar-refractivity contribution is 0.0697. The summed E-state index contributed by atoms with van der Waals surface area (Å²) in [5, 5.41) is 10.8. The number of aromatic carboxylic acids is 1. The number of hydrogen-bond acceptors (Lipinski definition) is 3. The summed E-state index contributed by atoms with van der Waals surface area (Å²) in [5.41, 5.74) is -1.29. The van der Waals surface area contributed by atoms with Crippen LogP contribution in [0.1, 0.15) is 10.4 Å². The van der Waals surface area contributed by atoms with Gasteiger partial charge in [-0.05, 0) is 12.1 Å². The van der Waals surface area contributed by atoms with E-state index in [1.165, 1.54) is 0 Å². The summed E-state index contributed by atoms with van der Waals surface area (Å²) >= 11 is 0. The number of benzene rings is 1. The summed E-state index contributed by atoms with van der Waals surface area (Å²) in [6, 6.07) is 2.17. The molecule has 0 saturated heterocycles. The second kappa shape index (κ2) is 5.16. The fraction of sp³-hybridized carbons (Fsp3) is 0. The smallest absolute Gasteiger partial charge is 0.335 e. The van der Waals surface area contributed by atoms with Crippen LogP contribution < -0.4 is 5.32 Å². The topological polar surface area (TPSA) is 62.2 Å². The summed E-state index contributed by atoms with van der Waals surface area (Å²) in [6.07, 6.45) is 1.07. The number of pyridine rings is 1. The number of nitrogens with one attached hydrogen (secondary N) is 1. The summed E-state index contributed by atoms with van der Waals surface area (Å²) in [7, 11) is 0. The van der Waals surface area contributed by atoms with Crippen LogP contribution in [0.2, 0.25) is 0 Å². The Hall–Kier alpha value is -2.64. The van der Waals surface area contributed by atoms with Crippen molar-refractivity contribution in [1.82, 2.24) is 4.98 Å². The van der Waals surface area contributed by atoms with E-state index < -0.39 is 34.9 Å². The lowest BCUT2D eigenvalue weighted by Crippen LogP contribution is -2.05. The second-order valence-electron chi connectivity index (χ2n) is 3.70.